The average molecular weight is 273 g/mol. The first-order chi connectivity index (χ1) is 8.07. The van der Waals surface area contributed by atoms with Crippen molar-refractivity contribution in [3.8, 4) is 0 Å². The fourth-order valence-corrected chi connectivity index (χ4v) is 5.41. The largest absolute Gasteiger partial charge is 0.316 e. The van der Waals surface area contributed by atoms with Gasteiger partial charge in [-0.1, -0.05) is 0 Å². The molecule has 2 atom stereocenters. The normalized spacial score (nSPS) is 29.7. The van der Waals surface area contributed by atoms with Crippen LogP contribution in [0.4, 0.5) is 0 Å². The summed E-state index contributed by atoms with van der Waals surface area (Å²) in [6, 6.07) is 0. The Kier molecular flexibility index (Phi) is 2.73. The van der Waals surface area contributed by atoms with Crippen LogP contribution in [0.5, 0.6) is 0 Å². The minimum atomic E-state index is -3.30. The molecule has 2 unspecified atom stereocenters. The number of nitrogens with one attached hydrogen (secondary N) is 1. The van der Waals surface area contributed by atoms with Crippen molar-refractivity contribution in [2.45, 2.75) is 11.1 Å². The van der Waals surface area contributed by atoms with Gasteiger partial charge in [0.1, 0.15) is 0 Å². The molecule has 2 aliphatic rings. The van der Waals surface area contributed by atoms with E-state index in [0.29, 0.717) is 29.1 Å². The molecule has 7 heteroatoms. The number of sulfonamides is 1. The van der Waals surface area contributed by atoms with Gasteiger partial charge in [-0.05, 0) is 31.8 Å². The monoisotopic (exact) mass is 273 g/mol. The number of hydrogen-bond acceptors (Lipinski definition) is 5. The zero-order chi connectivity index (χ0) is 12.0. The average Bonchev–Trinajstić information content (AvgIpc) is 2.89. The zero-order valence-corrected chi connectivity index (χ0v) is 11.2. The van der Waals surface area contributed by atoms with Crippen molar-refractivity contribution in [3.63, 3.8) is 0 Å². The molecular weight excluding hydrogens is 258 g/mol. The van der Waals surface area contributed by atoms with E-state index in [2.05, 4.69) is 10.3 Å². The third kappa shape index (κ3) is 1.91. The molecule has 17 heavy (non-hydrogen) atoms. The predicted molar refractivity (Wildman–Crippen MR) is 65.5 cm³/mol. The van der Waals surface area contributed by atoms with E-state index in [1.807, 2.05) is 6.92 Å². The van der Waals surface area contributed by atoms with E-state index < -0.39 is 10.0 Å². The number of aromatic nitrogens is 1. The maximum absolute atomic E-state index is 12.4. The third-order valence-electron chi connectivity index (χ3n) is 3.55. The summed E-state index contributed by atoms with van der Waals surface area (Å²) in [5.41, 5.74) is 0. The SMILES string of the molecule is Cc1ncc(S(=O)(=O)N2CC3CNCC3C2)s1. The molecule has 0 amide bonds. The van der Waals surface area contributed by atoms with Crippen molar-refractivity contribution in [2.75, 3.05) is 26.2 Å². The highest BCUT2D eigenvalue weighted by Gasteiger charge is 2.41. The van der Waals surface area contributed by atoms with Crippen LogP contribution in [0, 0.1) is 18.8 Å². The maximum atomic E-state index is 12.4. The first kappa shape index (κ1) is 11.6. The quantitative estimate of drug-likeness (QED) is 0.841. The lowest BCUT2D eigenvalue weighted by molar-refractivity contribution is 0.449. The summed E-state index contributed by atoms with van der Waals surface area (Å²) >= 11 is 1.25. The van der Waals surface area contributed by atoms with Gasteiger partial charge in [0, 0.05) is 13.1 Å². The highest BCUT2D eigenvalue weighted by molar-refractivity contribution is 7.91. The van der Waals surface area contributed by atoms with Crippen molar-refractivity contribution in [1.29, 1.82) is 0 Å². The van der Waals surface area contributed by atoms with Gasteiger partial charge in [0.25, 0.3) is 10.0 Å². The van der Waals surface area contributed by atoms with Gasteiger partial charge in [-0.3, -0.25) is 0 Å². The molecule has 3 rings (SSSR count). The second kappa shape index (κ2) is 4.01. The fourth-order valence-electron chi connectivity index (χ4n) is 2.60. The van der Waals surface area contributed by atoms with Gasteiger partial charge in [0.15, 0.2) is 4.21 Å². The molecular formula is C10H15N3O2S2. The first-order valence-corrected chi connectivity index (χ1v) is 7.96. The minimum absolute atomic E-state index is 0.378. The summed E-state index contributed by atoms with van der Waals surface area (Å²) in [7, 11) is -3.30. The summed E-state index contributed by atoms with van der Waals surface area (Å²) < 4.78 is 26.7. The lowest BCUT2D eigenvalue weighted by Gasteiger charge is -2.15. The van der Waals surface area contributed by atoms with E-state index in [-0.39, 0.29) is 0 Å². The highest BCUT2D eigenvalue weighted by Crippen LogP contribution is 2.32. The third-order valence-corrected chi connectivity index (χ3v) is 6.73. The van der Waals surface area contributed by atoms with Crippen LogP contribution in [0.2, 0.25) is 0 Å². The number of nitrogens with zero attached hydrogens (tertiary/aromatic N) is 2. The Bertz CT molecular complexity index is 513. The number of aryl methyl sites for hydroxylation is 1. The van der Waals surface area contributed by atoms with Crippen molar-refractivity contribution >= 4 is 21.4 Å². The summed E-state index contributed by atoms with van der Waals surface area (Å²) in [6.45, 7) is 5.01. The molecule has 94 valence electrons. The van der Waals surface area contributed by atoms with Crippen LogP contribution >= 0.6 is 11.3 Å². The van der Waals surface area contributed by atoms with Crippen LogP contribution in [0.25, 0.3) is 0 Å². The predicted octanol–water partition coefficient (Wildman–Crippen LogP) is 0.291. The summed E-state index contributed by atoms with van der Waals surface area (Å²) in [5.74, 6) is 0.970. The van der Waals surface area contributed by atoms with Gasteiger partial charge in [0.2, 0.25) is 0 Å². The number of thiazole rings is 1. The van der Waals surface area contributed by atoms with E-state index >= 15 is 0 Å². The molecule has 2 aliphatic heterocycles. The second-order valence-electron chi connectivity index (χ2n) is 4.70. The summed E-state index contributed by atoms with van der Waals surface area (Å²) in [4.78, 5) is 4.03. The molecule has 1 N–H and O–H groups in total. The van der Waals surface area contributed by atoms with E-state index in [1.165, 1.54) is 17.5 Å². The molecule has 2 fully saturated rings. The van der Waals surface area contributed by atoms with Gasteiger partial charge in [-0.25, -0.2) is 13.4 Å². The van der Waals surface area contributed by atoms with Crippen LogP contribution in [-0.2, 0) is 10.0 Å². The molecule has 2 saturated heterocycles. The standard InChI is InChI=1S/C10H15N3O2S2/c1-7-12-4-10(16-7)17(14,15)13-5-8-2-11-3-9(8)6-13/h4,8-9,11H,2-3,5-6H2,1H3. The van der Waals surface area contributed by atoms with Gasteiger partial charge >= 0.3 is 0 Å². The fraction of sp³-hybridized carbons (Fsp3) is 0.700. The molecule has 0 saturated carbocycles. The topological polar surface area (TPSA) is 62.3 Å². The molecule has 1 aromatic rings. The van der Waals surface area contributed by atoms with Gasteiger partial charge in [-0.2, -0.15) is 4.31 Å². The number of fused-ring (bicyclic) bond motifs is 1. The van der Waals surface area contributed by atoms with Crippen LogP contribution in [0.15, 0.2) is 10.4 Å². The van der Waals surface area contributed by atoms with Gasteiger partial charge in [-0.15, -0.1) is 11.3 Å². The van der Waals surface area contributed by atoms with E-state index in [1.54, 1.807) is 4.31 Å². The molecule has 0 aliphatic carbocycles. The molecule has 0 bridgehead atoms. The summed E-state index contributed by atoms with van der Waals surface area (Å²) in [5, 5.41) is 4.10. The first-order valence-electron chi connectivity index (χ1n) is 5.70. The zero-order valence-electron chi connectivity index (χ0n) is 9.59. The molecule has 3 heterocycles. The smallest absolute Gasteiger partial charge is 0.254 e. The lowest BCUT2D eigenvalue weighted by Crippen LogP contribution is -2.31. The molecule has 1 aromatic heterocycles. The van der Waals surface area contributed by atoms with E-state index in [9.17, 15) is 8.42 Å². The van der Waals surface area contributed by atoms with Crippen LogP contribution in [-0.4, -0.2) is 43.9 Å². The number of hydrogen-bond donors (Lipinski definition) is 1. The van der Waals surface area contributed by atoms with Crippen molar-refractivity contribution in [3.05, 3.63) is 11.2 Å². The van der Waals surface area contributed by atoms with Crippen LogP contribution in [0.1, 0.15) is 5.01 Å². The molecule has 0 spiro atoms. The van der Waals surface area contributed by atoms with Gasteiger partial charge in [0.05, 0.1) is 11.2 Å². The minimum Gasteiger partial charge on any atom is -0.316 e. The molecule has 0 aromatic carbocycles. The molecule has 0 radical (unpaired) electrons. The van der Waals surface area contributed by atoms with E-state index in [0.717, 1.165) is 18.1 Å². The Morgan fingerprint density at radius 2 is 2.06 bits per heavy atom. The van der Waals surface area contributed by atoms with Crippen molar-refractivity contribution in [1.82, 2.24) is 14.6 Å². The van der Waals surface area contributed by atoms with Crippen LogP contribution in [0.3, 0.4) is 0 Å². The maximum Gasteiger partial charge on any atom is 0.254 e. The Morgan fingerprint density at radius 1 is 1.41 bits per heavy atom. The van der Waals surface area contributed by atoms with Gasteiger partial charge < -0.3 is 5.32 Å². The van der Waals surface area contributed by atoms with Crippen LogP contribution < -0.4 is 5.32 Å². The number of rotatable bonds is 2. The van der Waals surface area contributed by atoms with Crippen molar-refractivity contribution in [2.24, 2.45) is 11.8 Å². The van der Waals surface area contributed by atoms with E-state index in [4.69, 9.17) is 0 Å². The Balaban J connectivity index is 1.85. The Hall–Kier alpha value is -0.500. The summed E-state index contributed by atoms with van der Waals surface area (Å²) in [6.07, 6.45) is 1.47. The lowest BCUT2D eigenvalue weighted by atomic mass is 10.0. The molecule has 5 nitrogen and oxygen atoms in total. The Labute approximate surface area is 105 Å². The highest BCUT2D eigenvalue weighted by atomic mass is 32.2. The second-order valence-corrected chi connectivity index (χ2v) is 8.10. The Morgan fingerprint density at radius 3 is 2.59 bits per heavy atom. The van der Waals surface area contributed by atoms with Crippen molar-refractivity contribution < 1.29 is 8.42 Å².